The van der Waals surface area contributed by atoms with Crippen LogP contribution in [0.5, 0.6) is 0 Å². The van der Waals surface area contributed by atoms with Crippen molar-refractivity contribution in [2.75, 3.05) is 0 Å². The summed E-state index contributed by atoms with van der Waals surface area (Å²) >= 11 is 0. The highest BCUT2D eigenvalue weighted by Crippen LogP contribution is 2.32. The number of allylic oxidation sites excluding steroid dienone is 3. The van der Waals surface area contributed by atoms with Gasteiger partial charge < -0.3 is 0 Å². The minimum absolute atomic E-state index is 0.181. The highest BCUT2D eigenvalue weighted by molar-refractivity contribution is 6.17. The second-order valence-corrected chi connectivity index (χ2v) is 8.03. The molecule has 0 N–H and O–H groups in total. The maximum atomic E-state index is 13.8. The maximum absolute atomic E-state index is 13.8. The van der Waals surface area contributed by atoms with E-state index in [-0.39, 0.29) is 11.6 Å². The average Bonchev–Trinajstić information content (AvgIpc) is 2.92. The van der Waals surface area contributed by atoms with Gasteiger partial charge in [0.2, 0.25) is 0 Å². The molecule has 0 spiro atoms. The fraction of sp³-hybridized carbons (Fsp3) is 0.0625. The Bertz CT molecular complexity index is 1210. The molecule has 0 aromatic heterocycles. The quantitative estimate of drug-likeness (QED) is 0.153. The molecular formula is C32H26O2. The minimum atomic E-state index is -0.881. The molecule has 0 aliphatic rings. The molecule has 0 radical (unpaired) electrons. The second-order valence-electron chi connectivity index (χ2n) is 8.03. The Morgan fingerprint density at radius 3 is 1.47 bits per heavy atom. The van der Waals surface area contributed by atoms with E-state index in [1.807, 2.05) is 121 Å². The number of carbonyl (C=O) groups excluding carboxylic acids is 2. The SMILES string of the molecule is O=C(c1ccccc1)C(C(=O)c1ccccc1)C(/C=C\C=C\c1ccccc1)c1ccccc1. The van der Waals surface area contributed by atoms with Gasteiger partial charge in [-0.05, 0) is 11.1 Å². The Balaban J connectivity index is 1.75. The summed E-state index contributed by atoms with van der Waals surface area (Å²) < 4.78 is 0. The van der Waals surface area contributed by atoms with E-state index in [1.54, 1.807) is 24.3 Å². The van der Waals surface area contributed by atoms with Crippen molar-refractivity contribution in [1.82, 2.24) is 0 Å². The smallest absolute Gasteiger partial charge is 0.174 e. The predicted molar refractivity (Wildman–Crippen MR) is 139 cm³/mol. The number of carbonyl (C=O) groups is 2. The van der Waals surface area contributed by atoms with Gasteiger partial charge in [0.1, 0.15) is 0 Å². The lowest BCUT2D eigenvalue weighted by atomic mass is 9.76. The van der Waals surface area contributed by atoms with Gasteiger partial charge in [0, 0.05) is 17.0 Å². The minimum Gasteiger partial charge on any atom is -0.293 e. The van der Waals surface area contributed by atoms with E-state index < -0.39 is 11.8 Å². The lowest BCUT2D eigenvalue weighted by Gasteiger charge is -2.23. The van der Waals surface area contributed by atoms with Gasteiger partial charge in [0.25, 0.3) is 0 Å². The summed E-state index contributed by atoms with van der Waals surface area (Å²) in [6, 6.07) is 37.9. The van der Waals surface area contributed by atoms with Gasteiger partial charge in [0.15, 0.2) is 11.6 Å². The van der Waals surface area contributed by atoms with Crippen LogP contribution < -0.4 is 0 Å². The van der Waals surface area contributed by atoms with Crippen LogP contribution in [-0.4, -0.2) is 11.6 Å². The Morgan fingerprint density at radius 2 is 0.971 bits per heavy atom. The Morgan fingerprint density at radius 1 is 0.529 bits per heavy atom. The molecule has 1 atom stereocenters. The summed E-state index contributed by atoms with van der Waals surface area (Å²) in [6.07, 6.45) is 7.84. The first kappa shape index (κ1) is 22.9. The molecule has 2 nitrogen and oxygen atoms in total. The monoisotopic (exact) mass is 442 g/mol. The van der Waals surface area contributed by atoms with Crippen molar-refractivity contribution in [2.24, 2.45) is 5.92 Å². The van der Waals surface area contributed by atoms with Crippen LogP contribution in [-0.2, 0) is 0 Å². The lowest BCUT2D eigenvalue weighted by Crippen LogP contribution is -2.30. The molecule has 0 saturated carbocycles. The first-order valence-corrected chi connectivity index (χ1v) is 11.4. The van der Waals surface area contributed by atoms with Crippen LogP contribution in [0.1, 0.15) is 37.8 Å². The van der Waals surface area contributed by atoms with Gasteiger partial charge >= 0.3 is 0 Å². The van der Waals surface area contributed by atoms with E-state index in [0.717, 1.165) is 11.1 Å². The molecule has 4 aromatic carbocycles. The number of hydrogen-bond donors (Lipinski definition) is 0. The zero-order valence-corrected chi connectivity index (χ0v) is 18.8. The summed E-state index contributed by atoms with van der Waals surface area (Å²) in [6.45, 7) is 0. The normalized spacial score (nSPS) is 12.3. The number of Topliss-reactive ketones (excluding diaryl/α,β-unsaturated/α-hetero) is 2. The van der Waals surface area contributed by atoms with E-state index in [4.69, 9.17) is 0 Å². The molecule has 0 fully saturated rings. The molecule has 0 aliphatic carbocycles. The van der Waals surface area contributed by atoms with Crippen LogP contribution in [0.25, 0.3) is 6.08 Å². The number of hydrogen-bond acceptors (Lipinski definition) is 2. The summed E-state index contributed by atoms with van der Waals surface area (Å²) in [5.41, 5.74) is 3.07. The van der Waals surface area contributed by atoms with Crippen molar-refractivity contribution in [3.8, 4) is 0 Å². The molecule has 4 rings (SSSR count). The van der Waals surface area contributed by atoms with Gasteiger partial charge in [-0.1, -0.05) is 146 Å². The van der Waals surface area contributed by atoms with Crippen LogP contribution in [0.2, 0.25) is 0 Å². The fourth-order valence-corrected chi connectivity index (χ4v) is 4.01. The van der Waals surface area contributed by atoms with E-state index in [9.17, 15) is 9.59 Å². The molecule has 166 valence electrons. The van der Waals surface area contributed by atoms with Gasteiger partial charge in [-0.3, -0.25) is 9.59 Å². The van der Waals surface area contributed by atoms with Crippen molar-refractivity contribution in [3.63, 3.8) is 0 Å². The third-order valence-corrected chi connectivity index (χ3v) is 5.74. The van der Waals surface area contributed by atoms with E-state index in [0.29, 0.717) is 11.1 Å². The number of rotatable bonds is 9. The molecule has 4 aromatic rings. The standard InChI is InChI=1S/C32H26O2/c33-31(27-20-9-3-10-21-27)30(32(34)28-22-11-4-12-23-28)29(26-18-7-2-8-19-26)24-14-13-17-25-15-5-1-6-16-25/h1-24,29-30H/b17-13+,24-14-. The van der Waals surface area contributed by atoms with Gasteiger partial charge in [-0.2, -0.15) is 0 Å². The third kappa shape index (κ3) is 5.73. The average molecular weight is 443 g/mol. The van der Waals surface area contributed by atoms with Gasteiger partial charge in [-0.15, -0.1) is 0 Å². The Kier molecular flexibility index (Phi) is 7.76. The Hall–Kier alpha value is -4.30. The van der Waals surface area contributed by atoms with Crippen LogP contribution in [0, 0.1) is 5.92 Å². The first-order chi connectivity index (χ1) is 16.7. The molecule has 34 heavy (non-hydrogen) atoms. The summed E-state index contributed by atoms with van der Waals surface area (Å²) in [5.74, 6) is -1.66. The molecule has 0 bridgehead atoms. The van der Waals surface area contributed by atoms with Crippen molar-refractivity contribution in [2.45, 2.75) is 5.92 Å². The van der Waals surface area contributed by atoms with Gasteiger partial charge in [-0.25, -0.2) is 0 Å². The summed E-state index contributed by atoms with van der Waals surface area (Å²) in [4.78, 5) is 27.5. The van der Waals surface area contributed by atoms with Crippen LogP contribution >= 0.6 is 0 Å². The maximum Gasteiger partial charge on any atom is 0.174 e. The molecule has 0 aliphatic heterocycles. The highest BCUT2D eigenvalue weighted by Gasteiger charge is 2.35. The first-order valence-electron chi connectivity index (χ1n) is 11.4. The Labute approximate surface area is 200 Å². The molecule has 2 heteroatoms. The zero-order chi connectivity index (χ0) is 23.6. The molecular weight excluding hydrogens is 416 g/mol. The van der Waals surface area contributed by atoms with Crippen molar-refractivity contribution >= 4 is 17.6 Å². The lowest BCUT2D eigenvalue weighted by molar-refractivity contribution is 0.0795. The van der Waals surface area contributed by atoms with Crippen molar-refractivity contribution < 1.29 is 9.59 Å². The van der Waals surface area contributed by atoms with E-state index in [1.165, 1.54) is 0 Å². The fourth-order valence-electron chi connectivity index (χ4n) is 4.01. The molecule has 0 saturated heterocycles. The predicted octanol–water partition coefficient (Wildman–Crippen LogP) is 7.42. The topological polar surface area (TPSA) is 34.1 Å². The molecule has 0 amide bonds. The van der Waals surface area contributed by atoms with Crippen LogP contribution in [0.3, 0.4) is 0 Å². The molecule has 0 heterocycles. The van der Waals surface area contributed by atoms with Crippen LogP contribution in [0.15, 0.2) is 140 Å². The van der Waals surface area contributed by atoms with E-state index >= 15 is 0 Å². The van der Waals surface area contributed by atoms with Crippen molar-refractivity contribution in [1.29, 1.82) is 0 Å². The highest BCUT2D eigenvalue weighted by atomic mass is 16.2. The van der Waals surface area contributed by atoms with Gasteiger partial charge in [0.05, 0.1) is 5.92 Å². The molecule has 1 unspecified atom stereocenters. The van der Waals surface area contributed by atoms with Crippen LogP contribution in [0.4, 0.5) is 0 Å². The number of ketones is 2. The second kappa shape index (κ2) is 11.5. The number of benzene rings is 4. The van der Waals surface area contributed by atoms with E-state index in [2.05, 4.69) is 0 Å². The largest absolute Gasteiger partial charge is 0.293 e. The summed E-state index contributed by atoms with van der Waals surface area (Å²) in [5, 5.41) is 0. The summed E-state index contributed by atoms with van der Waals surface area (Å²) in [7, 11) is 0. The zero-order valence-electron chi connectivity index (χ0n) is 18.8. The van der Waals surface area contributed by atoms with Crippen molar-refractivity contribution in [3.05, 3.63) is 162 Å². The third-order valence-electron chi connectivity index (χ3n) is 5.74.